The molecule has 1 fully saturated rings. The summed E-state index contributed by atoms with van der Waals surface area (Å²) in [7, 11) is 1.62. The number of hydrogen-bond acceptors (Lipinski definition) is 5. The minimum atomic E-state index is -0.250. The number of aliphatic hydroxyl groups excluding tert-OH is 1. The Balaban J connectivity index is 1.77. The SMILES string of the molecule is COc1ccccc1-c1noc(CC2CCCCC2O)n1. The minimum absolute atomic E-state index is 0.227. The van der Waals surface area contributed by atoms with Crippen molar-refractivity contribution >= 4 is 0 Å². The van der Waals surface area contributed by atoms with Crippen LogP contribution in [0.4, 0.5) is 0 Å². The highest BCUT2D eigenvalue weighted by Crippen LogP contribution is 2.30. The van der Waals surface area contributed by atoms with Crippen LogP contribution in [0.1, 0.15) is 31.6 Å². The van der Waals surface area contributed by atoms with E-state index in [9.17, 15) is 5.11 Å². The van der Waals surface area contributed by atoms with Crippen LogP contribution in [-0.4, -0.2) is 28.5 Å². The molecule has 0 amide bonds. The van der Waals surface area contributed by atoms with Crippen LogP contribution < -0.4 is 4.74 Å². The molecular formula is C16H20N2O3. The zero-order valence-electron chi connectivity index (χ0n) is 12.2. The van der Waals surface area contributed by atoms with Crippen molar-refractivity contribution in [3.63, 3.8) is 0 Å². The third-order valence-corrected chi connectivity index (χ3v) is 4.12. The molecule has 112 valence electrons. The summed E-state index contributed by atoms with van der Waals surface area (Å²) in [5.41, 5.74) is 0.819. The number of para-hydroxylation sites is 1. The monoisotopic (exact) mass is 288 g/mol. The maximum Gasteiger partial charge on any atom is 0.227 e. The summed E-state index contributed by atoms with van der Waals surface area (Å²) < 4.78 is 10.7. The second kappa shape index (κ2) is 6.26. The molecule has 1 N–H and O–H groups in total. The van der Waals surface area contributed by atoms with Gasteiger partial charge in [-0.3, -0.25) is 0 Å². The molecule has 0 spiro atoms. The van der Waals surface area contributed by atoms with Gasteiger partial charge in [-0.25, -0.2) is 0 Å². The molecule has 1 aliphatic rings. The minimum Gasteiger partial charge on any atom is -0.496 e. The topological polar surface area (TPSA) is 68.4 Å². The molecule has 3 rings (SSSR count). The van der Waals surface area contributed by atoms with Crippen LogP contribution in [0.5, 0.6) is 5.75 Å². The lowest BCUT2D eigenvalue weighted by molar-refractivity contribution is 0.0657. The number of methoxy groups -OCH3 is 1. The van der Waals surface area contributed by atoms with E-state index in [1.807, 2.05) is 24.3 Å². The van der Waals surface area contributed by atoms with E-state index < -0.39 is 0 Å². The van der Waals surface area contributed by atoms with E-state index in [4.69, 9.17) is 9.26 Å². The largest absolute Gasteiger partial charge is 0.496 e. The quantitative estimate of drug-likeness (QED) is 0.937. The van der Waals surface area contributed by atoms with E-state index in [1.54, 1.807) is 7.11 Å². The molecule has 0 bridgehead atoms. The molecule has 2 unspecified atom stereocenters. The fourth-order valence-electron chi connectivity index (χ4n) is 2.93. The lowest BCUT2D eigenvalue weighted by Gasteiger charge is -2.26. The molecule has 2 atom stereocenters. The Morgan fingerprint density at radius 2 is 2.10 bits per heavy atom. The lowest BCUT2D eigenvalue weighted by atomic mass is 9.84. The van der Waals surface area contributed by atoms with Crippen LogP contribution in [0.3, 0.4) is 0 Å². The molecular weight excluding hydrogens is 268 g/mol. The average molecular weight is 288 g/mol. The Bertz CT molecular complexity index is 597. The van der Waals surface area contributed by atoms with Gasteiger partial charge in [-0.05, 0) is 30.9 Å². The van der Waals surface area contributed by atoms with Gasteiger partial charge in [0.25, 0.3) is 0 Å². The van der Waals surface area contributed by atoms with Gasteiger partial charge in [0.15, 0.2) is 0 Å². The van der Waals surface area contributed by atoms with Gasteiger partial charge < -0.3 is 14.4 Å². The summed E-state index contributed by atoms with van der Waals surface area (Å²) in [6.45, 7) is 0. The molecule has 0 aliphatic heterocycles. The van der Waals surface area contributed by atoms with Crippen molar-refractivity contribution in [1.82, 2.24) is 10.1 Å². The van der Waals surface area contributed by atoms with Crippen molar-refractivity contribution in [3.05, 3.63) is 30.2 Å². The number of nitrogens with zero attached hydrogens (tertiary/aromatic N) is 2. The number of rotatable bonds is 4. The van der Waals surface area contributed by atoms with E-state index in [0.29, 0.717) is 18.1 Å². The number of benzene rings is 1. The molecule has 1 aromatic heterocycles. The van der Waals surface area contributed by atoms with Gasteiger partial charge in [0.2, 0.25) is 11.7 Å². The molecule has 5 nitrogen and oxygen atoms in total. The van der Waals surface area contributed by atoms with Gasteiger partial charge in [-0.1, -0.05) is 30.1 Å². The summed E-state index contributed by atoms with van der Waals surface area (Å²) in [4.78, 5) is 4.45. The molecule has 1 heterocycles. The number of ether oxygens (including phenoxy) is 1. The summed E-state index contributed by atoms with van der Waals surface area (Å²) in [5, 5.41) is 14.1. The molecule has 1 saturated carbocycles. The Labute approximate surface area is 123 Å². The van der Waals surface area contributed by atoms with E-state index in [0.717, 1.165) is 37.0 Å². The van der Waals surface area contributed by atoms with Crippen LogP contribution in [-0.2, 0) is 6.42 Å². The standard InChI is InChI=1S/C16H20N2O3/c1-20-14-9-5-3-7-12(14)16-17-15(21-18-16)10-11-6-2-4-8-13(11)19/h3,5,7,9,11,13,19H,2,4,6,8,10H2,1H3. The van der Waals surface area contributed by atoms with Crippen molar-refractivity contribution in [3.8, 4) is 17.1 Å². The summed E-state index contributed by atoms with van der Waals surface area (Å²) in [5.74, 6) is 2.07. The third-order valence-electron chi connectivity index (χ3n) is 4.12. The maximum atomic E-state index is 10.0. The summed E-state index contributed by atoms with van der Waals surface area (Å²) in [6, 6.07) is 7.60. The summed E-state index contributed by atoms with van der Waals surface area (Å²) in [6.07, 6.45) is 4.55. The molecule has 2 aromatic rings. The molecule has 0 radical (unpaired) electrons. The van der Waals surface area contributed by atoms with Crippen molar-refractivity contribution in [2.45, 2.75) is 38.2 Å². The van der Waals surface area contributed by atoms with Crippen LogP contribution in [0.2, 0.25) is 0 Å². The Kier molecular flexibility index (Phi) is 4.20. The van der Waals surface area contributed by atoms with Gasteiger partial charge in [-0.2, -0.15) is 4.98 Å². The van der Waals surface area contributed by atoms with Gasteiger partial charge >= 0.3 is 0 Å². The second-order valence-electron chi connectivity index (χ2n) is 5.53. The summed E-state index contributed by atoms with van der Waals surface area (Å²) >= 11 is 0. The zero-order valence-corrected chi connectivity index (χ0v) is 12.2. The molecule has 21 heavy (non-hydrogen) atoms. The highest BCUT2D eigenvalue weighted by molar-refractivity contribution is 5.63. The first kappa shape index (κ1) is 14.1. The Morgan fingerprint density at radius 3 is 2.90 bits per heavy atom. The van der Waals surface area contributed by atoms with Gasteiger partial charge in [0.05, 0.1) is 18.8 Å². The van der Waals surface area contributed by atoms with Crippen molar-refractivity contribution < 1.29 is 14.4 Å². The normalized spacial score (nSPS) is 22.2. The van der Waals surface area contributed by atoms with Crippen LogP contribution in [0.15, 0.2) is 28.8 Å². The zero-order chi connectivity index (χ0) is 14.7. The smallest absolute Gasteiger partial charge is 0.227 e. The van der Waals surface area contributed by atoms with Gasteiger partial charge in [0, 0.05) is 6.42 Å². The van der Waals surface area contributed by atoms with E-state index >= 15 is 0 Å². The Morgan fingerprint density at radius 1 is 1.29 bits per heavy atom. The first-order valence-electron chi connectivity index (χ1n) is 7.42. The fraction of sp³-hybridized carbons (Fsp3) is 0.500. The number of aromatic nitrogens is 2. The van der Waals surface area contributed by atoms with Crippen LogP contribution >= 0.6 is 0 Å². The first-order valence-corrected chi connectivity index (χ1v) is 7.42. The van der Waals surface area contributed by atoms with Crippen LogP contribution in [0.25, 0.3) is 11.4 Å². The molecule has 1 aliphatic carbocycles. The predicted octanol–water partition coefficient (Wildman–Crippen LogP) is 2.84. The highest BCUT2D eigenvalue weighted by Gasteiger charge is 2.25. The third kappa shape index (κ3) is 3.08. The molecule has 1 aromatic carbocycles. The van der Waals surface area contributed by atoms with E-state index in [1.165, 1.54) is 0 Å². The van der Waals surface area contributed by atoms with Crippen molar-refractivity contribution in [1.29, 1.82) is 0 Å². The molecule has 0 saturated heterocycles. The fourth-order valence-corrected chi connectivity index (χ4v) is 2.93. The van der Waals surface area contributed by atoms with Crippen molar-refractivity contribution in [2.75, 3.05) is 7.11 Å². The highest BCUT2D eigenvalue weighted by atomic mass is 16.5. The average Bonchev–Trinajstić information content (AvgIpc) is 2.98. The van der Waals surface area contributed by atoms with E-state index in [-0.39, 0.29) is 12.0 Å². The Hall–Kier alpha value is -1.88. The first-order chi connectivity index (χ1) is 10.3. The van der Waals surface area contributed by atoms with Gasteiger partial charge in [-0.15, -0.1) is 0 Å². The predicted molar refractivity (Wildman–Crippen MR) is 78.0 cm³/mol. The molecule has 5 heteroatoms. The maximum absolute atomic E-state index is 10.0. The van der Waals surface area contributed by atoms with Crippen molar-refractivity contribution in [2.24, 2.45) is 5.92 Å². The van der Waals surface area contributed by atoms with Crippen LogP contribution in [0, 0.1) is 5.92 Å². The number of aliphatic hydroxyl groups is 1. The number of hydrogen-bond donors (Lipinski definition) is 1. The van der Waals surface area contributed by atoms with Gasteiger partial charge in [0.1, 0.15) is 5.75 Å². The second-order valence-corrected chi connectivity index (χ2v) is 5.53. The van der Waals surface area contributed by atoms with E-state index in [2.05, 4.69) is 10.1 Å². The lowest BCUT2D eigenvalue weighted by Crippen LogP contribution is -2.26.